The monoisotopic (exact) mass is 296 g/mol. The van der Waals surface area contributed by atoms with Crippen LogP contribution in [0.1, 0.15) is 49.7 Å². The average Bonchev–Trinajstić information content (AvgIpc) is 2.87. The van der Waals surface area contributed by atoms with Crippen LogP contribution in [0, 0.1) is 11.8 Å². The minimum absolute atomic E-state index is 0.110. The van der Waals surface area contributed by atoms with Crippen molar-refractivity contribution < 1.29 is 9.90 Å². The Balaban J connectivity index is 1.65. The summed E-state index contributed by atoms with van der Waals surface area (Å²) in [7, 11) is 0. The maximum absolute atomic E-state index is 10.9. The molecule has 0 aliphatic heterocycles. The number of carbonyl (C=O) groups is 1. The predicted molar refractivity (Wildman–Crippen MR) is 80.9 cm³/mol. The molecule has 1 heterocycles. The van der Waals surface area contributed by atoms with Crippen LogP contribution in [-0.2, 0) is 17.8 Å². The van der Waals surface area contributed by atoms with Crippen LogP contribution in [-0.4, -0.2) is 22.6 Å². The van der Waals surface area contributed by atoms with E-state index in [1.807, 2.05) is 0 Å². The van der Waals surface area contributed by atoms with Gasteiger partial charge in [0.2, 0.25) is 0 Å². The molecule has 2 rings (SSSR count). The lowest BCUT2D eigenvalue weighted by Gasteiger charge is -2.26. The van der Waals surface area contributed by atoms with E-state index in [4.69, 9.17) is 5.11 Å². The minimum Gasteiger partial charge on any atom is -0.481 e. The Hall–Kier alpha value is -0.940. The van der Waals surface area contributed by atoms with Crippen molar-refractivity contribution in [3.05, 3.63) is 16.1 Å². The number of nitrogens with zero attached hydrogens (tertiary/aromatic N) is 1. The van der Waals surface area contributed by atoms with Gasteiger partial charge in [0.05, 0.1) is 16.6 Å². The molecule has 0 saturated heterocycles. The van der Waals surface area contributed by atoms with E-state index in [2.05, 4.69) is 22.6 Å². The number of aliphatic carboxylic acids is 1. The van der Waals surface area contributed by atoms with Crippen LogP contribution in [0.4, 0.5) is 0 Å². The Morgan fingerprint density at radius 3 is 2.85 bits per heavy atom. The van der Waals surface area contributed by atoms with Crippen molar-refractivity contribution in [2.24, 2.45) is 11.8 Å². The number of rotatable bonds is 7. The molecule has 1 aliphatic rings. The van der Waals surface area contributed by atoms with Crippen LogP contribution in [0.5, 0.6) is 0 Å². The average molecular weight is 296 g/mol. The SMILES string of the molecule is CCCc1nc(CNCC2CCC(C(=O)O)CC2)cs1. The second kappa shape index (κ2) is 7.74. The Morgan fingerprint density at radius 1 is 1.45 bits per heavy atom. The topological polar surface area (TPSA) is 62.2 Å². The highest BCUT2D eigenvalue weighted by molar-refractivity contribution is 7.09. The van der Waals surface area contributed by atoms with Crippen molar-refractivity contribution in [2.75, 3.05) is 6.54 Å². The van der Waals surface area contributed by atoms with E-state index >= 15 is 0 Å². The van der Waals surface area contributed by atoms with E-state index in [1.54, 1.807) is 11.3 Å². The normalized spacial score (nSPS) is 22.9. The fraction of sp³-hybridized carbons (Fsp3) is 0.733. The molecule has 0 atom stereocenters. The van der Waals surface area contributed by atoms with Gasteiger partial charge < -0.3 is 10.4 Å². The molecule has 20 heavy (non-hydrogen) atoms. The highest BCUT2D eigenvalue weighted by atomic mass is 32.1. The third-order valence-electron chi connectivity index (χ3n) is 4.00. The first kappa shape index (κ1) is 15.4. The zero-order valence-electron chi connectivity index (χ0n) is 12.1. The summed E-state index contributed by atoms with van der Waals surface area (Å²) in [4.78, 5) is 15.5. The number of aromatic nitrogens is 1. The molecular formula is C15H24N2O2S. The van der Waals surface area contributed by atoms with Crippen molar-refractivity contribution in [2.45, 2.75) is 52.0 Å². The van der Waals surface area contributed by atoms with Crippen molar-refractivity contribution in [1.82, 2.24) is 10.3 Å². The van der Waals surface area contributed by atoms with E-state index in [-0.39, 0.29) is 5.92 Å². The molecule has 2 N–H and O–H groups in total. The van der Waals surface area contributed by atoms with Crippen LogP contribution in [0.25, 0.3) is 0 Å². The van der Waals surface area contributed by atoms with Gasteiger partial charge in [0, 0.05) is 11.9 Å². The van der Waals surface area contributed by atoms with Gasteiger partial charge in [-0.2, -0.15) is 0 Å². The molecule has 1 aromatic heterocycles. The maximum atomic E-state index is 10.9. The number of carboxylic acids is 1. The molecule has 1 aromatic rings. The zero-order chi connectivity index (χ0) is 14.4. The van der Waals surface area contributed by atoms with E-state index in [1.165, 1.54) is 5.01 Å². The summed E-state index contributed by atoms with van der Waals surface area (Å²) in [6.45, 7) is 3.98. The van der Waals surface area contributed by atoms with Crippen molar-refractivity contribution >= 4 is 17.3 Å². The molecule has 0 bridgehead atoms. The second-order valence-electron chi connectivity index (χ2n) is 5.67. The van der Waals surface area contributed by atoms with Crippen molar-refractivity contribution in [3.63, 3.8) is 0 Å². The molecule has 0 unspecified atom stereocenters. The third-order valence-corrected chi connectivity index (χ3v) is 4.96. The molecule has 4 nitrogen and oxygen atoms in total. The van der Waals surface area contributed by atoms with Gasteiger partial charge in [-0.05, 0) is 51.0 Å². The molecule has 0 aromatic carbocycles. The van der Waals surface area contributed by atoms with Crippen molar-refractivity contribution in [1.29, 1.82) is 0 Å². The summed E-state index contributed by atoms with van der Waals surface area (Å²) < 4.78 is 0. The van der Waals surface area contributed by atoms with E-state index in [0.717, 1.165) is 57.3 Å². The first-order valence-electron chi connectivity index (χ1n) is 7.55. The molecule has 112 valence electrons. The second-order valence-corrected chi connectivity index (χ2v) is 6.61. The van der Waals surface area contributed by atoms with Gasteiger partial charge in [0.25, 0.3) is 0 Å². The molecule has 1 saturated carbocycles. The predicted octanol–water partition coefficient (Wildman–Crippen LogP) is 3.08. The quantitative estimate of drug-likeness (QED) is 0.811. The molecule has 0 amide bonds. The summed E-state index contributed by atoms with van der Waals surface area (Å²) in [5, 5.41) is 15.8. The number of aryl methyl sites for hydroxylation is 1. The summed E-state index contributed by atoms with van der Waals surface area (Å²) in [5.41, 5.74) is 1.14. The van der Waals surface area contributed by atoms with E-state index in [9.17, 15) is 4.79 Å². The fourth-order valence-corrected chi connectivity index (χ4v) is 3.68. The molecule has 0 spiro atoms. The van der Waals surface area contributed by atoms with Crippen LogP contribution in [0.2, 0.25) is 0 Å². The summed E-state index contributed by atoms with van der Waals surface area (Å²) in [6, 6.07) is 0. The zero-order valence-corrected chi connectivity index (χ0v) is 12.9. The Bertz CT molecular complexity index is 425. The number of nitrogens with one attached hydrogen (secondary N) is 1. The Morgan fingerprint density at radius 2 is 2.20 bits per heavy atom. The maximum Gasteiger partial charge on any atom is 0.306 e. The van der Waals surface area contributed by atoms with Crippen LogP contribution >= 0.6 is 11.3 Å². The van der Waals surface area contributed by atoms with Crippen LogP contribution in [0.15, 0.2) is 5.38 Å². The van der Waals surface area contributed by atoms with Gasteiger partial charge in [-0.25, -0.2) is 4.98 Å². The summed E-state index contributed by atoms with van der Waals surface area (Å²) in [6.07, 6.45) is 5.94. The highest BCUT2D eigenvalue weighted by Gasteiger charge is 2.25. The molecular weight excluding hydrogens is 272 g/mol. The van der Waals surface area contributed by atoms with Crippen LogP contribution < -0.4 is 5.32 Å². The van der Waals surface area contributed by atoms with Gasteiger partial charge in [-0.1, -0.05) is 6.92 Å². The molecule has 0 radical (unpaired) electrons. The Labute approximate surface area is 124 Å². The first-order valence-corrected chi connectivity index (χ1v) is 8.43. The Kier molecular flexibility index (Phi) is 5.98. The smallest absolute Gasteiger partial charge is 0.306 e. The molecule has 1 fully saturated rings. The highest BCUT2D eigenvalue weighted by Crippen LogP contribution is 2.28. The van der Waals surface area contributed by atoms with Gasteiger partial charge >= 0.3 is 5.97 Å². The van der Waals surface area contributed by atoms with Gasteiger partial charge in [-0.3, -0.25) is 4.79 Å². The largest absolute Gasteiger partial charge is 0.481 e. The van der Waals surface area contributed by atoms with Gasteiger partial charge in [0.15, 0.2) is 0 Å². The van der Waals surface area contributed by atoms with Crippen molar-refractivity contribution in [3.8, 4) is 0 Å². The lowest BCUT2D eigenvalue weighted by atomic mass is 9.82. The number of hydrogen-bond acceptors (Lipinski definition) is 4. The van der Waals surface area contributed by atoms with Gasteiger partial charge in [0.1, 0.15) is 0 Å². The summed E-state index contributed by atoms with van der Waals surface area (Å²) >= 11 is 1.75. The lowest BCUT2D eigenvalue weighted by molar-refractivity contribution is -0.143. The summed E-state index contributed by atoms with van der Waals surface area (Å²) in [5.74, 6) is -0.108. The lowest BCUT2D eigenvalue weighted by Crippen LogP contribution is -2.28. The molecule has 5 heteroatoms. The van der Waals surface area contributed by atoms with Crippen LogP contribution in [0.3, 0.4) is 0 Å². The minimum atomic E-state index is -0.623. The van der Waals surface area contributed by atoms with Gasteiger partial charge in [-0.15, -0.1) is 11.3 Å². The number of carboxylic acid groups (broad SMARTS) is 1. The standard InChI is InChI=1S/C15H24N2O2S/c1-2-3-14-17-13(10-20-14)9-16-8-11-4-6-12(7-5-11)15(18)19/h10-12,16H,2-9H2,1H3,(H,18,19). The van der Waals surface area contributed by atoms with E-state index < -0.39 is 5.97 Å². The third kappa shape index (κ3) is 4.56. The molecule has 1 aliphatic carbocycles. The first-order chi connectivity index (χ1) is 9.69. The number of thiazole rings is 1. The number of hydrogen-bond donors (Lipinski definition) is 2. The van der Waals surface area contributed by atoms with E-state index in [0.29, 0.717) is 5.92 Å². The fourth-order valence-electron chi connectivity index (χ4n) is 2.78.